The smallest absolute Gasteiger partial charge is 0.132 e. The summed E-state index contributed by atoms with van der Waals surface area (Å²) in [7, 11) is 0. The van der Waals surface area contributed by atoms with Crippen molar-refractivity contribution in [2.24, 2.45) is 0 Å². The topological polar surface area (TPSA) is 26.0 Å². The van der Waals surface area contributed by atoms with Crippen LogP contribution in [0.25, 0.3) is 0 Å². The second kappa shape index (κ2) is 1.87. The molecule has 2 nitrogen and oxygen atoms in total. The molecule has 49 valence electrons. The molecular weight excluding hydrogens is 114 g/mol. The molecule has 1 rings (SSSR count). The van der Waals surface area contributed by atoms with Gasteiger partial charge in [0, 0.05) is 5.41 Å². The lowest BCUT2D eigenvalue weighted by atomic mass is 9.93. The van der Waals surface area contributed by atoms with Gasteiger partial charge in [-0.15, -0.1) is 0 Å². The van der Waals surface area contributed by atoms with Crippen LogP contribution in [0.3, 0.4) is 0 Å². The van der Waals surface area contributed by atoms with Gasteiger partial charge in [0.15, 0.2) is 0 Å². The molecule has 0 spiro atoms. The number of rotatable bonds is 0. The first-order chi connectivity index (χ1) is 4.11. The van der Waals surface area contributed by atoms with E-state index in [1.165, 1.54) is 6.26 Å². The summed E-state index contributed by atoms with van der Waals surface area (Å²) in [5, 5.41) is 3.76. The van der Waals surface area contributed by atoms with Crippen molar-refractivity contribution in [3.63, 3.8) is 0 Å². The van der Waals surface area contributed by atoms with E-state index >= 15 is 0 Å². The van der Waals surface area contributed by atoms with Crippen molar-refractivity contribution in [2.45, 2.75) is 26.2 Å². The van der Waals surface area contributed by atoms with Crippen molar-refractivity contribution in [3.05, 3.63) is 18.0 Å². The van der Waals surface area contributed by atoms with E-state index in [0.29, 0.717) is 0 Å². The van der Waals surface area contributed by atoms with Gasteiger partial charge >= 0.3 is 0 Å². The van der Waals surface area contributed by atoms with Gasteiger partial charge in [0.05, 0.1) is 11.8 Å². The predicted octanol–water partition coefficient (Wildman–Crippen LogP) is 1.77. The van der Waals surface area contributed by atoms with Gasteiger partial charge in [-0.1, -0.05) is 25.9 Å². The molecule has 0 fully saturated rings. The molecule has 0 N–H and O–H groups in total. The van der Waals surface area contributed by atoms with Crippen LogP contribution in [0.1, 0.15) is 26.5 Å². The summed E-state index contributed by atoms with van der Waals surface area (Å²) < 4.78 is 4.64. The van der Waals surface area contributed by atoms with Gasteiger partial charge in [0.25, 0.3) is 0 Å². The van der Waals surface area contributed by atoms with E-state index in [1.54, 1.807) is 0 Å². The first-order valence-corrected chi connectivity index (χ1v) is 2.93. The van der Waals surface area contributed by atoms with Gasteiger partial charge in [-0.05, 0) is 0 Å². The van der Waals surface area contributed by atoms with Crippen molar-refractivity contribution in [2.75, 3.05) is 0 Å². The van der Waals surface area contributed by atoms with Crippen molar-refractivity contribution >= 4 is 0 Å². The monoisotopic (exact) mass is 124 g/mol. The Labute approximate surface area is 54.9 Å². The summed E-state index contributed by atoms with van der Waals surface area (Å²) in [5.74, 6) is 0. The highest BCUT2D eigenvalue weighted by Gasteiger charge is 2.16. The summed E-state index contributed by atoms with van der Waals surface area (Å²) in [6.45, 7) is 6.21. The maximum absolute atomic E-state index is 4.64. The zero-order chi connectivity index (χ0) is 6.91. The lowest BCUT2D eigenvalue weighted by Gasteiger charge is -2.12. The van der Waals surface area contributed by atoms with Crippen LogP contribution in [-0.2, 0) is 5.41 Å². The van der Waals surface area contributed by atoms with Gasteiger partial charge in [0.2, 0.25) is 0 Å². The highest BCUT2D eigenvalue weighted by molar-refractivity contribution is 5.05. The molecule has 0 saturated carbocycles. The minimum absolute atomic E-state index is 0.0625. The van der Waals surface area contributed by atoms with Crippen LogP contribution >= 0.6 is 0 Å². The maximum Gasteiger partial charge on any atom is 0.132 e. The molecule has 1 aromatic rings. The third kappa shape index (κ3) is 1.31. The molecular formula is C7H10NO. The highest BCUT2D eigenvalue weighted by Crippen LogP contribution is 2.18. The Morgan fingerprint density at radius 2 is 2.22 bits per heavy atom. The Kier molecular flexibility index (Phi) is 1.31. The fourth-order valence-electron chi connectivity index (χ4n) is 0.541. The zero-order valence-electron chi connectivity index (χ0n) is 5.93. The molecule has 0 aromatic carbocycles. The molecule has 0 bridgehead atoms. The fourth-order valence-corrected chi connectivity index (χ4v) is 0.541. The summed E-state index contributed by atoms with van der Waals surface area (Å²) in [6.07, 6.45) is 1.47. The molecule has 9 heavy (non-hydrogen) atoms. The largest absolute Gasteiger partial charge is 0.364 e. The third-order valence-corrected chi connectivity index (χ3v) is 1.10. The highest BCUT2D eigenvalue weighted by atomic mass is 16.5. The van der Waals surface area contributed by atoms with Gasteiger partial charge < -0.3 is 4.52 Å². The van der Waals surface area contributed by atoms with Crippen LogP contribution in [0, 0.1) is 6.07 Å². The number of nitrogens with zero attached hydrogens (tertiary/aromatic N) is 1. The predicted molar refractivity (Wildman–Crippen MR) is 34.0 cm³/mol. The summed E-state index contributed by atoms with van der Waals surface area (Å²) >= 11 is 0. The minimum Gasteiger partial charge on any atom is -0.364 e. The lowest BCUT2D eigenvalue weighted by Crippen LogP contribution is -2.11. The van der Waals surface area contributed by atoms with Gasteiger partial charge in [0.1, 0.15) is 6.26 Å². The van der Waals surface area contributed by atoms with Gasteiger partial charge in [-0.25, -0.2) is 0 Å². The second-order valence-electron chi connectivity index (χ2n) is 3.06. The fraction of sp³-hybridized carbons (Fsp3) is 0.571. The van der Waals surface area contributed by atoms with Crippen LogP contribution < -0.4 is 0 Å². The molecule has 2 heteroatoms. The van der Waals surface area contributed by atoms with E-state index in [0.717, 1.165) is 5.69 Å². The molecule has 0 aliphatic rings. The van der Waals surface area contributed by atoms with Crippen molar-refractivity contribution in [1.82, 2.24) is 5.16 Å². The number of hydrogen-bond donors (Lipinski definition) is 0. The van der Waals surface area contributed by atoms with Crippen molar-refractivity contribution < 1.29 is 4.52 Å². The van der Waals surface area contributed by atoms with Gasteiger partial charge in [-0.2, -0.15) is 0 Å². The molecule has 0 amide bonds. The molecule has 1 heterocycles. The molecule has 0 unspecified atom stereocenters. The van der Waals surface area contributed by atoms with E-state index in [-0.39, 0.29) is 5.41 Å². The van der Waals surface area contributed by atoms with Crippen LogP contribution in [0.2, 0.25) is 0 Å². The van der Waals surface area contributed by atoms with Crippen LogP contribution in [0.4, 0.5) is 0 Å². The molecule has 1 aromatic heterocycles. The van der Waals surface area contributed by atoms with E-state index in [1.807, 2.05) is 0 Å². The molecule has 0 atom stereocenters. The zero-order valence-corrected chi connectivity index (χ0v) is 5.93. The second-order valence-corrected chi connectivity index (χ2v) is 3.06. The molecule has 0 saturated heterocycles. The lowest BCUT2D eigenvalue weighted by molar-refractivity contribution is 0.393. The van der Waals surface area contributed by atoms with E-state index < -0.39 is 0 Å². The summed E-state index contributed by atoms with van der Waals surface area (Å²) in [5.41, 5.74) is 0.940. The van der Waals surface area contributed by atoms with E-state index in [2.05, 4.69) is 36.5 Å². The average Bonchev–Trinajstić information content (AvgIpc) is 2.08. The molecule has 1 radical (unpaired) electrons. The maximum atomic E-state index is 4.64. The molecule has 0 aliphatic carbocycles. The third-order valence-electron chi connectivity index (χ3n) is 1.10. The minimum atomic E-state index is 0.0625. The van der Waals surface area contributed by atoms with Crippen LogP contribution in [-0.4, -0.2) is 5.16 Å². The number of aromatic nitrogens is 1. The first-order valence-electron chi connectivity index (χ1n) is 2.93. The van der Waals surface area contributed by atoms with Crippen LogP contribution in [0.5, 0.6) is 0 Å². The standard InChI is InChI=1S/C7H10NO/c1-7(2,3)6-4-5-9-8-6/h5H,1-3H3. The quantitative estimate of drug-likeness (QED) is 0.526. The Morgan fingerprint density at radius 3 is 2.44 bits per heavy atom. The van der Waals surface area contributed by atoms with Crippen molar-refractivity contribution in [1.29, 1.82) is 0 Å². The molecule has 0 aliphatic heterocycles. The Morgan fingerprint density at radius 1 is 1.56 bits per heavy atom. The Balaban J connectivity index is 2.90. The summed E-state index contributed by atoms with van der Waals surface area (Å²) in [4.78, 5) is 0. The van der Waals surface area contributed by atoms with E-state index in [4.69, 9.17) is 0 Å². The average molecular weight is 124 g/mol. The number of hydrogen-bond acceptors (Lipinski definition) is 2. The SMILES string of the molecule is CC(C)(C)c1[c]con1. The normalized spacial score (nSPS) is 11.9. The Hall–Kier alpha value is -0.790. The van der Waals surface area contributed by atoms with Gasteiger partial charge in [-0.3, -0.25) is 0 Å². The summed E-state index contributed by atoms with van der Waals surface area (Å²) in [6, 6.07) is 2.90. The van der Waals surface area contributed by atoms with E-state index in [9.17, 15) is 0 Å². The van der Waals surface area contributed by atoms with Crippen molar-refractivity contribution in [3.8, 4) is 0 Å². The Bertz CT molecular complexity index is 171. The van der Waals surface area contributed by atoms with Crippen LogP contribution in [0.15, 0.2) is 10.8 Å². The first kappa shape index (κ1) is 6.33.